The smallest absolute Gasteiger partial charge is 0.422 e. The molecule has 0 bridgehead atoms. The number of alkyl halides is 3. The lowest BCUT2D eigenvalue weighted by Gasteiger charge is -2.14. The molecule has 3 rings (SSSR count). The van der Waals surface area contributed by atoms with Gasteiger partial charge in [0.2, 0.25) is 5.95 Å². The van der Waals surface area contributed by atoms with E-state index in [0.717, 1.165) is 18.2 Å². The molecule has 0 fully saturated rings. The number of ether oxygens (including phenoxy) is 2. The van der Waals surface area contributed by atoms with Gasteiger partial charge >= 0.3 is 12.1 Å². The lowest BCUT2D eigenvalue weighted by atomic mass is 10.0. The van der Waals surface area contributed by atoms with Crippen molar-refractivity contribution in [3.63, 3.8) is 0 Å². The van der Waals surface area contributed by atoms with Gasteiger partial charge in [0.15, 0.2) is 6.61 Å². The summed E-state index contributed by atoms with van der Waals surface area (Å²) >= 11 is 6.07. The first-order chi connectivity index (χ1) is 15.2. The van der Waals surface area contributed by atoms with E-state index in [4.69, 9.17) is 16.3 Å². The summed E-state index contributed by atoms with van der Waals surface area (Å²) in [6.45, 7) is 0.954. The first-order valence-electron chi connectivity index (χ1n) is 9.39. The minimum atomic E-state index is -4.57. The van der Waals surface area contributed by atoms with Gasteiger partial charge in [-0.1, -0.05) is 41.4 Å². The molecule has 0 amide bonds. The van der Waals surface area contributed by atoms with Crippen molar-refractivity contribution < 1.29 is 27.4 Å². The van der Waals surface area contributed by atoms with Crippen molar-refractivity contribution >= 4 is 23.5 Å². The van der Waals surface area contributed by atoms with Gasteiger partial charge in [-0.05, 0) is 30.2 Å². The van der Waals surface area contributed by atoms with E-state index in [2.05, 4.69) is 20.0 Å². The number of benzene rings is 2. The molecule has 0 atom stereocenters. The van der Waals surface area contributed by atoms with Gasteiger partial charge in [0, 0.05) is 24.5 Å². The number of nitrogens with one attached hydrogen (secondary N) is 1. The fourth-order valence-corrected chi connectivity index (χ4v) is 3.10. The number of anilines is 1. The maximum atomic E-state index is 12.6. The molecule has 168 valence electrons. The Morgan fingerprint density at radius 1 is 1.12 bits per heavy atom. The second kappa shape index (κ2) is 9.86. The number of aromatic nitrogens is 2. The van der Waals surface area contributed by atoms with Gasteiger partial charge in [0.1, 0.15) is 5.75 Å². The molecule has 0 saturated carbocycles. The van der Waals surface area contributed by atoms with Gasteiger partial charge in [-0.15, -0.1) is 0 Å². The van der Waals surface area contributed by atoms with Gasteiger partial charge < -0.3 is 14.8 Å². The highest BCUT2D eigenvalue weighted by atomic mass is 35.5. The van der Waals surface area contributed by atoms with E-state index >= 15 is 0 Å². The Labute approximate surface area is 187 Å². The zero-order valence-electron chi connectivity index (χ0n) is 17.2. The summed E-state index contributed by atoms with van der Waals surface area (Å²) in [5.41, 5.74) is 2.85. The number of rotatable bonds is 7. The van der Waals surface area contributed by atoms with Crippen LogP contribution in [0.1, 0.15) is 21.5 Å². The molecule has 0 radical (unpaired) electrons. The van der Waals surface area contributed by atoms with E-state index in [1.54, 1.807) is 0 Å². The highest BCUT2D eigenvalue weighted by Crippen LogP contribution is 2.35. The van der Waals surface area contributed by atoms with Crippen LogP contribution in [0.5, 0.6) is 5.75 Å². The van der Waals surface area contributed by atoms with Gasteiger partial charge in [-0.2, -0.15) is 13.2 Å². The lowest BCUT2D eigenvalue weighted by Crippen LogP contribution is -2.19. The Bertz CT molecular complexity index is 1110. The van der Waals surface area contributed by atoms with Gasteiger partial charge in [-0.3, -0.25) is 0 Å². The standard InChI is InChI=1S/C22H19ClF3N3O3/c1-13-4-3-5-14(6-13)9-27-21-28-10-16(11-29-21)15-7-17(20(30)31-2)19(23)18(8-15)32-12-22(24,25)26/h3-8,10-11H,9,12H2,1-2H3,(H,27,28,29). The average Bonchev–Trinajstić information content (AvgIpc) is 2.76. The number of halogens is 4. The van der Waals surface area contributed by atoms with Crippen LogP contribution in [0.15, 0.2) is 48.8 Å². The molecule has 0 aliphatic heterocycles. The summed E-state index contributed by atoms with van der Waals surface area (Å²) < 4.78 is 47.3. The van der Waals surface area contributed by atoms with Crippen molar-refractivity contribution in [3.8, 4) is 16.9 Å². The van der Waals surface area contributed by atoms with Crippen molar-refractivity contribution in [1.29, 1.82) is 0 Å². The van der Waals surface area contributed by atoms with Crippen LogP contribution in [-0.2, 0) is 11.3 Å². The Kier molecular flexibility index (Phi) is 7.19. The van der Waals surface area contributed by atoms with Crippen LogP contribution in [0.2, 0.25) is 5.02 Å². The zero-order chi connectivity index (χ0) is 23.3. The number of carbonyl (C=O) groups is 1. The van der Waals surface area contributed by atoms with Crippen LogP contribution < -0.4 is 10.1 Å². The number of aryl methyl sites for hydroxylation is 1. The SMILES string of the molecule is COC(=O)c1cc(-c2cnc(NCc3cccc(C)c3)nc2)cc(OCC(F)(F)F)c1Cl. The maximum Gasteiger partial charge on any atom is 0.422 e. The molecule has 1 N–H and O–H groups in total. The number of methoxy groups -OCH3 is 1. The van der Waals surface area contributed by atoms with Gasteiger partial charge in [0.05, 0.1) is 17.7 Å². The monoisotopic (exact) mass is 465 g/mol. The fourth-order valence-electron chi connectivity index (χ4n) is 2.86. The Hall–Kier alpha value is -3.33. The Balaban J connectivity index is 1.84. The van der Waals surface area contributed by atoms with Crippen LogP contribution in [-0.4, -0.2) is 35.8 Å². The molecule has 0 aliphatic carbocycles. The topological polar surface area (TPSA) is 73.3 Å². The van der Waals surface area contributed by atoms with Gasteiger partial charge in [-0.25, -0.2) is 14.8 Å². The normalized spacial score (nSPS) is 11.2. The highest BCUT2D eigenvalue weighted by Gasteiger charge is 2.29. The molecule has 2 aromatic carbocycles. The molecular weight excluding hydrogens is 447 g/mol. The highest BCUT2D eigenvalue weighted by molar-refractivity contribution is 6.35. The number of carbonyl (C=O) groups excluding carboxylic acids is 1. The predicted octanol–water partition coefficient (Wildman–Crippen LogP) is 5.45. The van der Waals surface area contributed by atoms with Crippen molar-refractivity contribution in [1.82, 2.24) is 9.97 Å². The third-order valence-electron chi connectivity index (χ3n) is 4.35. The third-order valence-corrected chi connectivity index (χ3v) is 4.74. The quantitative estimate of drug-likeness (QED) is 0.468. The number of hydrogen-bond donors (Lipinski definition) is 1. The second-order valence-electron chi connectivity index (χ2n) is 6.87. The van der Waals surface area contributed by atoms with E-state index in [1.807, 2.05) is 31.2 Å². The minimum Gasteiger partial charge on any atom is -0.483 e. The average molecular weight is 466 g/mol. The summed E-state index contributed by atoms with van der Waals surface area (Å²) in [6.07, 6.45) is -1.62. The van der Waals surface area contributed by atoms with E-state index in [-0.39, 0.29) is 16.3 Å². The molecule has 32 heavy (non-hydrogen) atoms. The molecule has 6 nitrogen and oxygen atoms in total. The van der Waals surface area contributed by atoms with Crippen LogP contribution in [0.3, 0.4) is 0 Å². The lowest BCUT2D eigenvalue weighted by molar-refractivity contribution is -0.153. The van der Waals surface area contributed by atoms with E-state index in [9.17, 15) is 18.0 Å². The summed E-state index contributed by atoms with van der Waals surface area (Å²) in [5.74, 6) is -0.749. The van der Waals surface area contributed by atoms with Crippen LogP contribution in [0.25, 0.3) is 11.1 Å². The summed E-state index contributed by atoms with van der Waals surface area (Å²) in [6, 6.07) is 10.6. The molecule has 10 heteroatoms. The first-order valence-corrected chi connectivity index (χ1v) is 9.77. The van der Waals surface area contributed by atoms with Crippen molar-refractivity contribution in [3.05, 3.63) is 70.5 Å². The molecule has 0 unspecified atom stereocenters. The van der Waals surface area contributed by atoms with E-state index in [0.29, 0.717) is 23.6 Å². The summed E-state index contributed by atoms with van der Waals surface area (Å²) in [4.78, 5) is 20.5. The molecule has 1 aromatic heterocycles. The fraction of sp³-hybridized carbons (Fsp3) is 0.227. The second-order valence-corrected chi connectivity index (χ2v) is 7.25. The van der Waals surface area contributed by atoms with Crippen molar-refractivity contribution in [2.45, 2.75) is 19.6 Å². The third kappa shape index (κ3) is 6.10. The van der Waals surface area contributed by atoms with Gasteiger partial charge in [0.25, 0.3) is 0 Å². The van der Waals surface area contributed by atoms with Crippen molar-refractivity contribution in [2.24, 2.45) is 0 Å². The van der Waals surface area contributed by atoms with Crippen LogP contribution in [0.4, 0.5) is 19.1 Å². The molecule has 0 aliphatic rings. The number of nitrogens with zero attached hydrogens (tertiary/aromatic N) is 2. The molecule has 1 heterocycles. The predicted molar refractivity (Wildman–Crippen MR) is 114 cm³/mol. The molecular formula is C22H19ClF3N3O3. The zero-order valence-corrected chi connectivity index (χ0v) is 17.9. The summed E-state index contributed by atoms with van der Waals surface area (Å²) in [7, 11) is 1.14. The first kappa shape index (κ1) is 23.3. The van der Waals surface area contributed by atoms with Crippen LogP contribution >= 0.6 is 11.6 Å². The van der Waals surface area contributed by atoms with E-state index in [1.165, 1.54) is 24.5 Å². The molecule has 0 saturated heterocycles. The Morgan fingerprint density at radius 2 is 1.84 bits per heavy atom. The number of hydrogen-bond acceptors (Lipinski definition) is 6. The number of esters is 1. The Morgan fingerprint density at radius 3 is 2.47 bits per heavy atom. The van der Waals surface area contributed by atoms with E-state index < -0.39 is 18.8 Å². The minimum absolute atomic E-state index is 0.134. The van der Waals surface area contributed by atoms with Crippen LogP contribution in [0, 0.1) is 6.92 Å². The summed E-state index contributed by atoms with van der Waals surface area (Å²) in [5, 5.41) is 2.82. The molecule has 0 spiro atoms. The molecule has 3 aromatic rings. The maximum absolute atomic E-state index is 12.6. The largest absolute Gasteiger partial charge is 0.483 e. The van der Waals surface area contributed by atoms with Crippen molar-refractivity contribution in [2.75, 3.05) is 19.0 Å².